The molecular weight excluding hydrogens is 360 g/mol. The molecule has 1 aliphatic heterocycles. The molecule has 2 rings (SSSR count). The molecule has 1 atom stereocenters. The van der Waals surface area contributed by atoms with Gasteiger partial charge in [-0.2, -0.15) is 0 Å². The lowest BCUT2D eigenvalue weighted by Crippen LogP contribution is -2.23. The topological polar surface area (TPSA) is 69.7 Å². The summed E-state index contributed by atoms with van der Waals surface area (Å²) in [5.41, 5.74) is 1.64. The maximum atomic E-state index is 12.4. The predicted molar refractivity (Wildman–Crippen MR) is 82.1 cm³/mol. The van der Waals surface area contributed by atoms with Crippen molar-refractivity contribution in [1.29, 1.82) is 0 Å². The smallest absolute Gasteiger partial charge is 0.306 e. The molecule has 1 aromatic carbocycles. The largest absolute Gasteiger partial charge is 0.493 e. The van der Waals surface area contributed by atoms with Crippen LogP contribution in [-0.2, 0) is 31.5 Å². The van der Waals surface area contributed by atoms with Gasteiger partial charge in [0, 0.05) is 16.5 Å². The van der Waals surface area contributed by atoms with E-state index in [1.165, 1.54) is 14.0 Å². The maximum Gasteiger partial charge on any atom is 0.306 e. The van der Waals surface area contributed by atoms with Gasteiger partial charge in [-0.25, -0.2) is 8.42 Å². The van der Waals surface area contributed by atoms with Crippen molar-refractivity contribution >= 4 is 31.7 Å². The second-order valence-corrected chi connectivity index (χ2v) is 8.38. The molecule has 0 saturated carbocycles. The lowest BCUT2D eigenvalue weighted by atomic mass is 10.1. The predicted octanol–water partition coefficient (Wildman–Crippen LogP) is 2.25. The second-order valence-electron chi connectivity index (χ2n) is 5.05. The number of esters is 1. The van der Waals surface area contributed by atoms with Crippen LogP contribution in [0.3, 0.4) is 0 Å². The summed E-state index contributed by atoms with van der Waals surface area (Å²) in [7, 11) is -2.21. The van der Waals surface area contributed by atoms with Gasteiger partial charge in [0.1, 0.15) is 5.75 Å². The molecule has 0 saturated heterocycles. The standard InChI is InChI=1S/C14H17BrO5S/c1-9(5-13(16)19-2)21(17,18)8-11-7-12(15)6-10-3-4-20-14(10)11/h6-7,9H,3-5,8H2,1-2H3. The Bertz CT molecular complexity index is 654. The minimum Gasteiger partial charge on any atom is -0.493 e. The first-order valence-electron chi connectivity index (χ1n) is 6.56. The number of sulfone groups is 1. The van der Waals surface area contributed by atoms with Crippen LogP contribution in [0.4, 0.5) is 0 Å². The number of carbonyl (C=O) groups excluding carboxylic acids is 1. The summed E-state index contributed by atoms with van der Waals surface area (Å²) in [5.74, 6) is -0.0127. The molecule has 0 radical (unpaired) electrons. The number of hydrogen-bond acceptors (Lipinski definition) is 5. The Labute approximate surface area is 132 Å². The number of methoxy groups -OCH3 is 1. The first-order valence-corrected chi connectivity index (χ1v) is 9.07. The first-order chi connectivity index (χ1) is 9.83. The van der Waals surface area contributed by atoms with E-state index in [9.17, 15) is 13.2 Å². The highest BCUT2D eigenvalue weighted by atomic mass is 79.9. The number of fused-ring (bicyclic) bond motifs is 1. The van der Waals surface area contributed by atoms with E-state index in [2.05, 4.69) is 20.7 Å². The summed E-state index contributed by atoms with van der Waals surface area (Å²) in [4.78, 5) is 11.2. The summed E-state index contributed by atoms with van der Waals surface area (Å²) in [6.45, 7) is 2.09. The van der Waals surface area contributed by atoms with Crippen molar-refractivity contribution in [3.8, 4) is 5.75 Å². The van der Waals surface area contributed by atoms with E-state index in [-0.39, 0.29) is 12.2 Å². The molecule has 7 heteroatoms. The van der Waals surface area contributed by atoms with Gasteiger partial charge in [0.25, 0.3) is 0 Å². The first kappa shape index (κ1) is 16.3. The minimum atomic E-state index is -3.46. The Kier molecular flexibility index (Phi) is 4.93. The average Bonchev–Trinajstić information content (AvgIpc) is 2.86. The molecular formula is C14H17BrO5S. The van der Waals surface area contributed by atoms with Crippen molar-refractivity contribution in [2.24, 2.45) is 0 Å². The number of ether oxygens (including phenoxy) is 2. The zero-order chi connectivity index (χ0) is 15.6. The number of halogens is 1. The van der Waals surface area contributed by atoms with Gasteiger partial charge in [-0.05, 0) is 24.6 Å². The molecule has 5 nitrogen and oxygen atoms in total. The normalized spacial score (nSPS) is 15.2. The van der Waals surface area contributed by atoms with E-state index >= 15 is 0 Å². The van der Waals surface area contributed by atoms with Crippen LogP contribution >= 0.6 is 15.9 Å². The highest BCUT2D eigenvalue weighted by Gasteiger charge is 2.27. The molecule has 0 aromatic heterocycles. The fourth-order valence-electron chi connectivity index (χ4n) is 2.26. The van der Waals surface area contributed by atoms with Crippen LogP contribution in [-0.4, -0.2) is 33.4 Å². The Morgan fingerprint density at radius 3 is 2.86 bits per heavy atom. The van der Waals surface area contributed by atoms with Crippen molar-refractivity contribution in [2.45, 2.75) is 30.8 Å². The van der Waals surface area contributed by atoms with Gasteiger partial charge < -0.3 is 9.47 Å². The van der Waals surface area contributed by atoms with Crippen LogP contribution in [0.25, 0.3) is 0 Å². The van der Waals surface area contributed by atoms with E-state index in [1.54, 1.807) is 6.07 Å². The maximum absolute atomic E-state index is 12.4. The number of carbonyl (C=O) groups is 1. The molecule has 116 valence electrons. The Morgan fingerprint density at radius 2 is 2.19 bits per heavy atom. The quantitative estimate of drug-likeness (QED) is 0.737. The fraction of sp³-hybridized carbons (Fsp3) is 0.500. The SMILES string of the molecule is COC(=O)CC(C)S(=O)(=O)Cc1cc(Br)cc2c1OCC2. The summed E-state index contributed by atoms with van der Waals surface area (Å²) >= 11 is 3.39. The molecule has 1 heterocycles. The molecule has 21 heavy (non-hydrogen) atoms. The van der Waals surface area contributed by atoms with Gasteiger partial charge in [0.2, 0.25) is 0 Å². The van der Waals surface area contributed by atoms with Crippen LogP contribution < -0.4 is 4.74 Å². The van der Waals surface area contributed by atoms with Crippen molar-refractivity contribution in [1.82, 2.24) is 0 Å². The van der Waals surface area contributed by atoms with Gasteiger partial charge in [0.15, 0.2) is 9.84 Å². The molecule has 0 amide bonds. The molecule has 0 bridgehead atoms. The van der Waals surface area contributed by atoms with Crippen molar-refractivity contribution in [3.63, 3.8) is 0 Å². The molecule has 0 fully saturated rings. The lowest BCUT2D eigenvalue weighted by molar-refractivity contribution is -0.140. The Balaban J connectivity index is 2.23. The summed E-state index contributed by atoms with van der Waals surface area (Å²) < 4.78 is 35.7. The zero-order valence-electron chi connectivity index (χ0n) is 11.9. The van der Waals surface area contributed by atoms with E-state index in [0.29, 0.717) is 17.9 Å². The van der Waals surface area contributed by atoms with Crippen LogP contribution in [0, 0.1) is 0 Å². The number of benzene rings is 1. The summed E-state index contributed by atoms with van der Waals surface area (Å²) in [6.07, 6.45) is 0.634. The van der Waals surface area contributed by atoms with E-state index in [0.717, 1.165) is 16.5 Å². The highest BCUT2D eigenvalue weighted by Crippen LogP contribution is 2.34. The van der Waals surface area contributed by atoms with Gasteiger partial charge in [0.05, 0.1) is 31.1 Å². The second kappa shape index (κ2) is 6.36. The third-order valence-corrected chi connectivity index (χ3v) is 6.04. The molecule has 1 aromatic rings. The molecule has 0 N–H and O–H groups in total. The van der Waals surface area contributed by atoms with Gasteiger partial charge >= 0.3 is 5.97 Å². The highest BCUT2D eigenvalue weighted by molar-refractivity contribution is 9.10. The fourth-order valence-corrected chi connectivity index (χ4v) is 4.13. The van der Waals surface area contributed by atoms with E-state index in [4.69, 9.17) is 4.74 Å². The summed E-state index contributed by atoms with van der Waals surface area (Å²) in [6, 6.07) is 3.70. The molecule has 1 aliphatic rings. The number of rotatable bonds is 5. The third kappa shape index (κ3) is 3.77. The monoisotopic (exact) mass is 376 g/mol. The molecule has 0 aliphatic carbocycles. The van der Waals surface area contributed by atoms with Gasteiger partial charge in [-0.15, -0.1) is 0 Å². The van der Waals surface area contributed by atoms with Crippen LogP contribution in [0.5, 0.6) is 5.75 Å². The van der Waals surface area contributed by atoms with Crippen molar-refractivity contribution in [2.75, 3.05) is 13.7 Å². The molecule has 1 unspecified atom stereocenters. The van der Waals surface area contributed by atoms with Crippen molar-refractivity contribution in [3.05, 3.63) is 27.7 Å². The van der Waals surface area contributed by atoms with Crippen LogP contribution in [0.2, 0.25) is 0 Å². The number of hydrogen-bond donors (Lipinski definition) is 0. The Hall–Kier alpha value is -1.08. The lowest BCUT2D eigenvalue weighted by Gasteiger charge is -2.14. The van der Waals surface area contributed by atoms with Crippen LogP contribution in [0.1, 0.15) is 24.5 Å². The Morgan fingerprint density at radius 1 is 1.48 bits per heavy atom. The van der Waals surface area contributed by atoms with Crippen LogP contribution in [0.15, 0.2) is 16.6 Å². The van der Waals surface area contributed by atoms with E-state index < -0.39 is 21.1 Å². The third-order valence-electron chi connectivity index (χ3n) is 3.48. The summed E-state index contributed by atoms with van der Waals surface area (Å²) in [5, 5.41) is -0.791. The van der Waals surface area contributed by atoms with Crippen molar-refractivity contribution < 1.29 is 22.7 Å². The average molecular weight is 377 g/mol. The minimum absolute atomic E-state index is 0.143. The van der Waals surface area contributed by atoms with Gasteiger partial charge in [-0.1, -0.05) is 15.9 Å². The van der Waals surface area contributed by atoms with E-state index in [1.807, 2.05) is 6.07 Å². The zero-order valence-corrected chi connectivity index (χ0v) is 14.3. The van der Waals surface area contributed by atoms with Gasteiger partial charge in [-0.3, -0.25) is 4.79 Å². The molecule has 0 spiro atoms.